The highest BCUT2D eigenvalue weighted by molar-refractivity contribution is 5.69. The highest BCUT2D eigenvalue weighted by Gasteiger charge is 2.12. The molecular weight excluding hydrogens is 500 g/mol. The van der Waals surface area contributed by atoms with E-state index >= 15 is 0 Å². The Morgan fingerprint density at radius 2 is 0.951 bits per heavy atom. The van der Waals surface area contributed by atoms with Crippen LogP contribution in [0, 0.1) is 0 Å². The van der Waals surface area contributed by atoms with E-state index in [0.29, 0.717) is 6.42 Å². The average Bonchev–Trinajstić information content (AvgIpc) is 2.91. The van der Waals surface area contributed by atoms with E-state index < -0.39 is 0 Å². The molecule has 0 spiro atoms. The largest absolute Gasteiger partial charge is 0.458 e. The maximum absolute atomic E-state index is 12.7. The first kappa shape index (κ1) is 39.4. The van der Waals surface area contributed by atoms with E-state index in [1.54, 1.807) is 0 Å². The lowest BCUT2D eigenvalue weighted by Crippen LogP contribution is -2.16. The molecule has 0 N–H and O–H groups in total. The Balaban J connectivity index is 4.23. The van der Waals surface area contributed by atoms with E-state index in [2.05, 4.69) is 72.8 Å². The summed E-state index contributed by atoms with van der Waals surface area (Å²) in [5, 5.41) is 0. The van der Waals surface area contributed by atoms with Gasteiger partial charge in [0, 0.05) is 12.8 Å². The minimum absolute atomic E-state index is 0.0377. The highest BCUT2D eigenvalue weighted by Crippen LogP contribution is 2.17. The third kappa shape index (κ3) is 29.7. The number of carbonyl (C=O) groups is 1. The molecule has 2 nitrogen and oxygen atoms in total. The summed E-state index contributed by atoms with van der Waals surface area (Å²) in [6.07, 6.45) is 35.9. The lowest BCUT2D eigenvalue weighted by atomic mass is 10.0. The van der Waals surface area contributed by atoms with Gasteiger partial charge in [-0.05, 0) is 79.7 Å². The van der Waals surface area contributed by atoms with Gasteiger partial charge in [-0.2, -0.15) is 0 Å². The molecule has 0 saturated carbocycles. The molecule has 0 heterocycles. The molecule has 0 bridgehead atoms. The molecule has 0 aromatic rings. The van der Waals surface area contributed by atoms with E-state index in [-0.39, 0.29) is 12.1 Å². The summed E-state index contributed by atoms with van der Waals surface area (Å²) in [4.78, 5) is 12.7. The molecule has 1 atom stereocenters. The molecule has 0 fully saturated rings. The standard InChI is InChI=1S/C39H70O2/c1-8-9-10-11-12-13-14-15-16-17-18-19-20-21-22-23-30-39(40)41-38(33-37(7)29-25-27-35(4)5)32-31-36(6)28-24-26-34(2)3/h26-27,31,33,38H,8-25,28-30,32H2,1-7H3/b36-31+,37-33+. The summed E-state index contributed by atoms with van der Waals surface area (Å²) in [5.41, 5.74) is 5.40. The van der Waals surface area contributed by atoms with Gasteiger partial charge in [-0.1, -0.05) is 144 Å². The lowest BCUT2D eigenvalue weighted by molar-refractivity contribution is -0.146. The molecule has 238 valence electrons. The van der Waals surface area contributed by atoms with E-state index in [1.165, 1.54) is 112 Å². The molecule has 1 unspecified atom stereocenters. The maximum Gasteiger partial charge on any atom is 0.306 e. The van der Waals surface area contributed by atoms with E-state index in [1.807, 2.05) is 0 Å². The van der Waals surface area contributed by atoms with Crippen LogP contribution in [0.2, 0.25) is 0 Å². The molecule has 0 radical (unpaired) electrons. The summed E-state index contributed by atoms with van der Waals surface area (Å²) >= 11 is 0. The Kier molecular flexibility index (Phi) is 27.5. The Bertz CT molecular complexity index is 744. The van der Waals surface area contributed by atoms with E-state index in [0.717, 1.165) is 44.9 Å². The SMILES string of the molecule is CCCCCCCCCCCCCCCCCCC(=O)OC(/C=C(\C)CCC=C(C)C)C/C=C(\C)CCC=C(C)C. The number of hydrogen-bond donors (Lipinski definition) is 0. The van der Waals surface area contributed by atoms with Crippen molar-refractivity contribution in [2.75, 3.05) is 0 Å². The highest BCUT2D eigenvalue weighted by atomic mass is 16.5. The van der Waals surface area contributed by atoms with Crippen molar-refractivity contribution in [3.8, 4) is 0 Å². The minimum Gasteiger partial charge on any atom is -0.458 e. The van der Waals surface area contributed by atoms with Crippen molar-refractivity contribution >= 4 is 5.97 Å². The zero-order valence-electron chi connectivity index (χ0n) is 28.8. The molecule has 0 rings (SSSR count). The van der Waals surface area contributed by atoms with E-state index in [4.69, 9.17) is 4.74 Å². The number of rotatable bonds is 27. The predicted molar refractivity (Wildman–Crippen MR) is 184 cm³/mol. The first-order chi connectivity index (χ1) is 19.7. The van der Waals surface area contributed by atoms with Crippen molar-refractivity contribution in [1.29, 1.82) is 0 Å². The molecule has 0 aliphatic rings. The third-order valence-corrected chi connectivity index (χ3v) is 7.87. The van der Waals surface area contributed by atoms with Crippen molar-refractivity contribution < 1.29 is 9.53 Å². The van der Waals surface area contributed by atoms with Gasteiger partial charge in [0.2, 0.25) is 0 Å². The molecule has 0 aliphatic carbocycles. The molecule has 0 saturated heterocycles. The summed E-state index contributed by atoms with van der Waals surface area (Å²) in [6.45, 7) is 15.2. The summed E-state index contributed by atoms with van der Waals surface area (Å²) in [6, 6.07) is 0. The van der Waals surface area contributed by atoms with E-state index in [9.17, 15) is 4.79 Å². The fourth-order valence-electron chi connectivity index (χ4n) is 5.19. The second-order valence-electron chi connectivity index (χ2n) is 13.0. The Labute approximate surface area is 257 Å². The van der Waals surface area contributed by atoms with Crippen molar-refractivity contribution in [1.82, 2.24) is 0 Å². The second kappa shape index (κ2) is 28.5. The van der Waals surface area contributed by atoms with Gasteiger partial charge in [0.1, 0.15) is 6.10 Å². The smallest absolute Gasteiger partial charge is 0.306 e. The van der Waals surface area contributed by atoms with Gasteiger partial charge >= 0.3 is 5.97 Å². The van der Waals surface area contributed by atoms with Crippen LogP contribution in [-0.4, -0.2) is 12.1 Å². The molecule has 0 aliphatic heterocycles. The summed E-state index contributed by atoms with van der Waals surface area (Å²) in [5.74, 6) is -0.0377. The van der Waals surface area contributed by atoms with Crippen molar-refractivity contribution in [3.05, 3.63) is 46.6 Å². The number of carbonyl (C=O) groups excluding carboxylic acids is 1. The van der Waals surface area contributed by atoms with Crippen LogP contribution in [0.15, 0.2) is 46.6 Å². The van der Waals surface area contributed by atoms with Gasteiger partial charge in [-0.15, -0.1) is 0 Å². The van der Waals surface area contributed by atoms with Crippen LogP contribution in [0.1, 0.15) is 190 Å². The molecule has 2 heteroatoms. The fourth-order valence-corrected chi connectivity index (χ4v) is 5.19. The third-order valence-electron chi connectivity index (χ3n) is 7.87. The molecule has 0 aromatic heterocycles. The van der Waals surface area contributed by atoms with Crippen LogP contribution in [0.5, 0.6) is 0 Å². The normalized spacial score (nSPS) is 12.8. The number of unbranched alkanes of at least 4 members (excludes halogenated alkanes) is 15. The first-order valence-electron chi connectivity index (χ1n) is 17.5. The molecular formula is C39H70O2. The van der Waals surface area contributed by atoms with Crippen LogP contribution in [-0.2, 0) is 9.53 Å². The fraction of sp³-hybridized carbons (Fsp3) is 0.769. The lowest BCUT2D eigenvalue weighted by Gasteiger charge is -2.15. The number of esters is 1. The van der Waals surface area contributed by atoms with Gasteiger partial charge in [0.15, 0.2) is 0 Å². The second-order valence-corrected chi connectivity index (χ2v) is 13.0. The van der Waals surface area contributed by atoms with Crippen molar-refractivity contribution in [3.63, 3.8) is 0 Å². The Morgan fingerprint density at radius 3 is 1.39 bits per heavy atom. The van der Waals surface area contributed by atoms with Gasteiger partial charge in [-0.3, -0.25) is 4.79 Å². The minimum atomic E-state index is -0.159. The maximum atomic E-state index is 12.7. The van der Waals surface area contributed by atoms with Crippen molar-refractivity contribution in [2.24, 2.45) is 0 Å². The Morgan fingerprint density at radius 1 is 0.537 bits per heavy atom. The van der Waals surface area contributed by atoms with Gasteiger partial charge in [-0.25, -0.2) is 0 Å². The molecule has 0 aromatic carbocycles. The van der Waals surface area contributed by atoms with Crippen molar-refractivity contribution in [2.45, 2.75) is 196 Å². The van der Waals surface area contributed by atoms with Gasteiger partial charge in [0.25, 0.3) is 0 Å². The van der Waals surface area contributed by atoms with Crippen LogP contribution < -0.4 is 0 Å². The van der Waals surface area contributed by atoms with Crippen LogP contribution in [0.25, 0.3) is 0 Å². The topological polar surface area (TPSA) is 26.3 Å². The molecule has 41 heavy (non-hydrogen) atoms. The number of hydrogen-bond acceptors (Lipinski definition) is 2. The monoisotopic (exact) mass is 571 g/mol. The number of allylic oxidation sites excluding steroid dienone is 6. The van der Waals surface area contributed by atoms with Gasteiger partial charge in [0.05, 0.1) is 0 Å². The Hall–Kier alpha value is -1.57. The summed E-state index contributed by atoms with van der Waals surface area (Å²) < 4.78 is 5.98. The van der Waals surface area contributed by atoms with Crippen LogP contribution in [0.3, 0.4) is 0 Å². The predicted octanol–water partition coefficient (Wildman–Crippen LogP) is 13.3. The van der Waals surface area contributed by atoms with Gasteiger partial charge < -0.3 is 4.74 Å². The van der Waals surface area contributed by atoms with Crippen LogP contribution >= 0.6 is 0 Å². The first-order valence-corrected chi connectivity index (χ1v) is 17.5. The quantitative estimate of drug-likeness (QED) is 0.0557. The summed E-state index contributed by atoms with van der Waals surface area (Å²) in [7, 11) is 0. The zero-order valence-corrected chi connectivity index (χ0v) is 28.8. The average molecular weight is 571 g/mol. The molecule has 0 amide bonds. The zero-order chi connectivity index (χ0) is 30.6. The number of ether oxygens (including phenoxy) is 1. The van der Waals surface area contributed by atoms with Crippen LogP contribution in [0.4, 0.5) is 0 Å².